The highest BCUT2D eigenvalue weighted by atomic mass is 35.5. The maximum absolute atomic E-state index is 8.83. The Kier molecular flexibility index (Phi) is 4.97. The quantitative estimate of drug-likeness (QED) is 0.814. The first-order chi connectivity index (χ1) is 10.7. The summed E-state index contributed by atoms with van der Waals surface area (Å²) in [6.45, 7) is 0.0107. The van der Waals surface area contributed by atoms with Crippen LogP contribution in [-0.2, 0) is 0 Å². The van der Waals surface area contributed by atoms with Gasteiger partial charge in [-0.2, -0.15) is 10.5 Å². The third-order valence-electron chi connectivity index (χ3n) is 2.77. The van der Waals surface area contributed by atoms with E-state index in [0.717, 1.165) is 5.69 Å². The van der Waals surface area contributed by atoms with E-state index in [0.29, 0.717) is 16.7 Å². The predicted octanol–water partition coefficient (Wildman–Crippen LogP) is 2.31. The standard InChI is InChI=1S/C14H12ClN7/c15-10-2-1-3-11(8-10)21-13-12(18)14(20-9-19-13)22(6-4-16)7-5-17/h1-3,8-9H,6-7,18H2,(H,19,20,21). The second kappa shape index (κ2) is 7.11. The summed E-state index contributed by atoms with van der Waals surface area (Å²) in [5, 5.41) is 21.3. The average molecular weight is 314 g/mol. The fraction of sp³-hybridized carbons (Fsp3) is 0.143. The van der Waals surface area contributed by atoms with Gasteiger partial charge in [-0.15, -0.1) is 0 Å². The van der Waals surface area contributed by atoms with E-state index >= 15 is 0 Å². The summed E-state index contributed by atoms with van der Waals surface area (Å²) in [5.74, 6) is 0.718. The molecule has 0 bridgehead atoms. The van der Waals surface area contributed by atoms with Crippen molar-refractivity contribution in [2.75, 3.05) is 29.0 Å². The maximum Gasteiger partial charge on any atom is 0.159 e. The van der Waals surface area contributed by atoms with E-state index in [1.54, 1.807) is 18.2 Å². The van der Waals surface area contributed by atoms with Crippen LogP contribution in [0.15, 0.2) is 30.6 Å². The Morgan fingerprint density at radius 2 is 1.95 bits per heavy atom. The molecule has 1 aromatic carbocycles. The highest BCUT2D eigenvalue weighted by Crippen LogP contribution is 2.28. The van der Waals surface area contributed by atoms with Crippen LogP contribution in [0.4, 0.5) is 23.0 Å². The van der Waals surface area contributed by atoms with Crippen LogP contribution in [0.5, 0.6) is 0 Å². The largest absolute Gasteiger partial charge is 0.393 e. The Hall–Kier alpha value is -3.03. The van der Waals surface area contributed by atoms with Crippen LogP contribution in [0.25, 0.3) is 0 Å². The molecule has 0 aliphatic carbocycles. The van der Waals surface area contributed by atoms with Crippen LogP contribution < -0.4 is 16.0 Å². The van der Waals surface area contributed by atoms with Gasteiger partial charge in [0.1, 0.15) is 25.1 Å². The molecular formula is C14H12ClN7. The Morgan fingerprint density at radius 1 is 1.23 bits per heavy atom. The first-order valence-electron chi connectivity index (χ1n) is 6.27. The topological polar surface area (TPSA) is 115 Å². The number of nitrogens with zero attached hydrogens (tertiary/aromatic N) is 5. The molecule has 0 saturated carbocycles. The molecule has 7 nitrogen and oxygen atoms in total. The van der Waals surface area contributed by atoms with Gasteiger partial charge in [0, 0.05) is 10.7 Å². The highest BCUT2D eigenvalue weighted by Gasteiger charge is 2.15. The first kappa shape index (κ1) is 15.4. The molecule has 0 spiro atoms. The van der Waals surface area contributed by atoms with Crippen molar-refractivity contribution in [2.45, 2.75) is 0 Å². The Balaban J connectivity index is 2.33. The molecular weight excluding hydrogens is 302 g/mol. The van der Waals surface area contributed by atoms with Crippen molar-refractivity contribution in [2.24, 2.45) is 0 Å². The third kappa shape index (κ3) is 3.54. The van der Waals surface area contributed by atoms with Gasteiger partial charge in [-0.1, -0.05) is 17.7 Å². The van der Waals surface area contributed by atoms with E-state index in [2.05, 4.69) is 15.3 Å². The van der Waals surface area contributed by atoms with Crippen LogP contribution in [0.1, 0.15) is 0 Å². The first-order valence-corrected chi connectivity index (χ1v) is 6.65. The molecule has 1 heterocycles. The van der Waals surface area contributed by atoms with Crippen LogP contribution in [0.2, 0.25) is 5.02 Å². The number of nitrogens with two attached hydrogens (primary N) is 1. The molecule has 0 atom stereocenters. The minimum absolute atomic E-state index is 0.00534. The Labute approximate surface area is 132 Å². The van der Waals surface area contributed by atoms with Crippen LogP contribution in [-0.4, -0.2) is 23.1 Å². The Morgan fingerprint density at radius 3 is 2.59 bits per heavy atom. The zero-order valence-corrected chi connectivity index (χ0v) is 12.2. The minimum atomic E-state index is 0.00534. The molecule has 3 N–H and O–H groups in total. The van der Waals surface area contributed by atoms with Gasteiger partial charge in [-0.25, -0.2) is 9.97 Å². The van der Waals surface area contributed by atoms with E-state index < -0.39 is 0 Å². The summed E-state index contributed by atoms with van der Waals surface area (Å²) in [7, 11) is 0. The van der Waals surface area contributed by atoms with Crippen molar-refractivity contribution in [3.63, 3.8) is 0 Å². The van der Waals surface area contributed by atoms with Crippen LogP contribution in [0.3, 0.4) is 0 Å². The number of benzene rings is 1. The fourth-order valence-electron chi connectivity index (χ4n) is 1.82. The van der Waals surface area contributed by atoms with Gasteiger partial charge < -0.3 is 16.0 Å². The second-order valence-electron chi connectivity index (χ2n) is 4.27. The number of aromatic nitrogens is 2. The molecule has 0 aliphatic rings. The van der Waals surface area contributed by atoms with Crippen molar-refractivity contribution in [1.29, 1.82) is 10.5 Å². The Bertz CT molecular complexity index is 732. The number of halogens is 1. The molecule has 0 saturated heterocycles. The molecule has 0 radical (unpaired) electrons. The third-order valence-corrected chi connectivity index (χ3v) is 3.01. The molecule has 22 heavy (non-hydrogen) atoms. The fourth-order valence-corrected chi connectivity index (χ4v) is 2.01. The minimum Gasteiger partial charge on any atom is -0.393 e. The van der Waals surface area contributed by atoms with Gasteiger partial charge in [0.25, 0.3) is 0 Å². The molecule has 0 amide bonds. The van der Waals surface area contributed by atoms with Gasteiger partial charge in [0.2, 0.25) is 0 Å². The number of rotatable bonds is 5. The smallest absolute Gasteiger partial charge is 0.159 e. The average Bonchev–Trinajstić information content (AvgIpc) is 2.49. The van der Waals surface area contributed by atoms with Crippen molar-refractivity contribution in [3.8, 4) is 12.1 Å². The van der Waals surface area contributed by atoms with E-state index in [1.807, 2.05) is 18.2 Å². The number of hydrogen-bond acceptors (Lipinski definition) is 7. The van der Waals surface area contributed by atoms with Crippen molar-refractivity contribution >= 4 is 34.6 Å². The van der Waals surface area contributed by atoms with E-state index in [1.165, 1.54) is 11.2 Å². The van der Waals surface area contributed by atoms with Crippen LogP contribution in [0, 0.1) is 22.7 Å². The van der Waals surface area contributed by atoms with E-state index in [-0.39, 0.29) is 18.8 Å². The lowest BCUT2D eigenvalue weighted by molar-refractivity contribution is 0.930. The number of nitrogen functional groups attached to an aromatic ring is 1. The van der Waals surface area contributed by atoms with Crippen LogP contribution >= 0.6 is 11.6 Å². The van der Waals surface area contributed by atoms with Gasteiger partial charge in [-0.05, 0) is 18.2 Å². The lowest BCUT2D eigenvalue weighted by atomic mass is 10.3. The molecule has 2 aromatic rings. The van der Waals surface area contributed by atoms with Gasteiger partial charge >= 0.3 is 0 Å². The lowest BCUT2D eigenvalue weighted by Gasteiger charge is -2.20. The van der Waals surface area contributed by atoms with E-state index in [9.17, 15) is 0 Å². The summed E-state index contributed by atoms with van der Waals surface area (Å²) in [5.41, 5.74) is 7.03. The zero-order valence-electron chi connectivity index (χ0n) is 11.5. The molecule has 8 heteroatoms. The summed E-state index contributed by atoms with van der Waals surface area (Å²) < 4.78 is 0. The summed E-state index contributed by atoms with van der Waals surface area (Å²) >= 11 is 5.93. The summed E-state index contributed by atoms with van der Waals surface area (Å²) in [6.07, 6.45) is 1.32. The molecule has 0 fully saturated rings. The van der Waals surface area contributed by atoms with Crippen molar-refractivity contribution in [1.82, 2.24) is 9.97 Å². The van der Waals surface area contributed by atoms with Gasteiger partial charge in [0.15, 0.2) is 11.6 Å². The van der Waals surface area contributed by atoms with Gasteiger partial charge in [0.05, 0.1) is 12.1 Å². The number of nitrogens with one attached hydrogen (secondary N) is 1. The second-order valence-corrected chi connectivity index (χ2v) is 4.70. The van der Waals surface area contributed by atoms with E-state index in [4.69, 9.17) is 27.9 Å². The molecule has 110 valence electrons. The van der Waals surface area contributed by atoms with Gasteiger partial charge in [-0.3, -0.25) is 0 Å². The van der Waals surface area contributed by atoms with Crippen molar-refractivity contribution in [3.05, 3.63) is 35.6 Å². The highest BCUT2D eigenvalue weighted by molar-refractivity contribution is 6.30. The lowest BCUT2D eigenvalue weighted by Crippen LogP contribution is -2.26. The molecule has 0 unspecified atom stereocenters. The molecule has 1 aromatic heterocycles. The number of nitriles is 2. The van der Waals surface area contributed by atoms with Crippen molar-refractivity contribution < 1.29 is 0 Å². The normalized spacial score (nSPS) is 9.59. The summed E-state index contributed by atoms with van der Waals surface area (Å²) in [4.78, 5) is 9.61. The predicted molar refractivity (Wildman–Crippen MR) is 84.6 cm³/mol. The molecule has 0 aliphatic heterocycles. The number of hydrogen-bond donors (Lipinski definition) is 2. The SMILES string of the molecule is N#CCN(CC#N)c1ncnc(Nc2cccc(Cl)c2)c1N. The summed E-state index contributed by atoms with van der Waals surface area (Å²) in [6, 6.07) is 11.0. The monoisotopic (exact) mass is 313 g/mol. The maximum atomic E-state index is 8.83. The molecule has 2 rings (SSSR count). The number of anilines is 4. The zero-order chi connectivity index (χ0) is 15.9.